The van der Waals surface area contributed by atoms with E-state index in [2.05, 4.69) is 0 Å². The third-order valence-corrected chi connectivity index (χ3v) is 2.48. The number of alkyl halides is 2. The summed E-state index contributed by atoms with van der Waals surface area (Å²) in [6.45, 7) is 5.38. The molecule has 16 heavy (non-hydrogen) atoms. The van der Waals surface area contributed by atoms with Crippen LogP contribution < -0.4 is 10.5 Å². The highest BCUT2D eigenvalue weighted by atomic mass is 19.3. The van der Waals surface area contributed by atoms with Gasteiger partial charge in [-0.25, -0.2) is 8.78 Å². The summed E-state index contributed by atoms with van der Waals surface area (Å²) >= 11 is 0. The molecular weight excluding hydrogens is 212 g/mol. The summed E-state index contributed by atoms with van der Waals surface area (Å²) in [6, 6.07) is 3.03. The molecule has 2 nitrogen and oxygen atoms in total. The van der Waals surface area contributed by atoms with Gasteiger partial charge in [0.05, 0.1) is 12.7 Å². The molecule has 4 heteroatoms. The molecule has 0 aromatic heterocycles. The molecule has 0 saturated heterocycles. The van der Waals surface area contributed by atoms with Crippen molar-refractivity contribution in [1.29, 1.82) is 0 Å². The van der Waals surface area contributed by atoms with Crippen molar-refractivity contribution in [2.75, 3.05) is 7.11 Å². The Morgan fingerprint density at radius 3 is 2.25 bits per heavy atom. The number of rotatable bonds is 3. The summed E-state index contributed by atoms with van der Waals surface area (Å²) in [6.07, 6.45) is -2.56. The van der Waals surface area contributed by atoms with E-state index in [9.17, 15) is 8.78 Å². The average Bonchev–Trinajstić information content (AvgIpc) is 2.14. The maximum atomic E-state index is 12.8. The molecule has 0 fully saturated rings. The molecule has 90 valence electrons. The Morgan fingerprint density at radius 1 is 1.31 bits per heavy atom. The fourth-order valence-corrected chi connectivity index (χ4v) is 1.89. The SMILES string of the molecule is COc1c(C(F)F)ccc(C)c1C(C)(C)N. The summed E-state index contributed by atoms with van der Waals surface area (Å²) in [5, 5.41) is 0. The molecule has 1 aromatic rings. The van der Waals surface area contributed by atoms with Crippen LogP contribution in [0.4, 0.5) is 8.78 Å². The second kappa shape index (κ2) is 4.37. The smallest absolute Gasteiger partial charge is 0.267 e. The number of methoxy groups -OCH3 is 1. The number of ether oxygens (including phenoxy) is 1. The van der Waals surface area contributed by atoms with E-state index in [0.29, 0.717) is 5.56 Å². The molecular formula is C12H17F2NO. The van der Waals surface area contributed by atoms with Crippen LogP contribution in [0.25, 0.3) is 0 Å². The number of aryl methyl sites for hydroxylation is 1. The lowest BCUT2D eigenvalue weighted by Gasteiger charge is -2.26. The van der Waals surface area contributed by atoms with Crippen molar-refractivity contribution >= 4 is 0 Å². The summed E-state index contributed by atoms with van der Waals surface area (Å²) in [7, 11) is 1.38. The first kappa shape index (κ1) is 12.9. The molecule has 0 aliphatic heterocycles. The average molecular weight is 229 g/mol. The first-order valence-corrected chi connectivity index (χ1v) is 5.04. The number of halogens is 2. The molecule has 0 bridgehead atoms. The van der Waals surface area contributed by atoms with E-state index in [4.69, 9.17) is 10.5 Å². The van der Waals surface area contributed by atoms with Gasteiger partial charge in [0.25, 0.3) is 6.43 Å². The van der Waals surface area contributed by atoms with E-state index < -0.39 is 12.0 Å². The van der Waals surface area contributed by atoms with Gasteiger partial charge < -0.3 is 10.5 Å². The minimum atomic E-state index is -2.56. The van der Waals surface area contributed by atoms with Crippen LogP contribution in [0.5, 0.6) is 5.75 Å². The van der Waals surface area contributed by atoms with Gasteiger partial charge in [-0.3, -0.25) is 0 Å². The molecule has 0 spiro atoms. The Balaban J connectivity index is 3.51. The summed E-state index contributed by atoms with van der Waals surface area (Å²) in [4.78, 5) is 0. The maximum absolute atomic E-state index is 12.8. The standard InChI is InChI=1S/C12H17F2NO/c1-7-5-6-8(11(13)14)10(16-4)9(7)12(2,3)15/h5-6,11H,15H2,1-4H3. The molecule has 0 aliphatic rings. The zero-order chi connectivity index (χ0) is 12.5. The van der Waals surface area contributed by atoms with E-state index >= 15 is 0 Å². The van der Waals surface area contributed by atoms with E-state index in [1.54, 1.807) is 19.9 Å². The molecule has 0 amide bonds. The van der Waals surface area contributed by atoms with Gasteiger partial charge in [-0.05, 0) is 32.4 Å². The molecule has 0 aliphatic carbocycles. The second-order valence-corrected chi connectivity index (χ2v) is 4.40. The molecule has 0 saturated carbocycles. The fraction of sp³-hybridized carbons (Fsp3) is 0.500. The van der Waals surface area contributed by atoms with Crippen molar-refractivity contribution in [3.05, 3.63) is 28.8 Å². The van der Waals surface area contributed by atoms with Gasteiger partial charge >= 0.3 is 0 Å². The van der Waals surface area contributed by atoms with Crippen molar-refractivity contribution in [2.24, 2.45) is 5.73 Å². The van der Waals surface area contributed by atoms with E-state index in [0.717, 1.165) is 5.56 Å². The van der Waals surface area contributed by atoms with E-state index in [-0.39, 0.29) is 11.3 Å². The number of benzene rings is 1. The summed E-state index contributed by atoms with van der Waals surface area (Å²) in [5.41, 5.74) is 6.65. The van der Waals surface area contributed by atoms with Crippen LogP contribution in [0.1, 0.15) is 37.0 Å². The lowest BCUT2D eigenvalue weighted by atomic mass is 9.88. The molecule has 0 radical (unpaired) electrons. The highest BCUT2D eigenvalue weighted by molar-refractivity contribution is 5.50. The first-order valence-electron chi connectivity index (χ1n) is 5.04. The fourth-order valence-electron chi connectivity index (χ4n) is 1.89. The van der Waals surface area contributed by atoms with E-state index in [1.165, 1.54) is 13.2 Å². The van der Waals surface area contributed by atoms with Gasteiger partial charge in [0.2, 0.25) is 0 Å². The van der Waals surface area contributed by atoms with Crippen molar-refractivity contribution in [3.8, 4) is 5.75 Å². The van der Waals surface area contributed by atoms with Crippen LogP contribution in [0.3, 0.4) is 0 Å². The number of hydrogen-bond donors (Lipinski definition) is 1. The monoisotopic (exact) mass is 229 g/mol. The van der Waals surface area contributed by atoms with Crippen molar-refractivity contribution < 1.29 is 13.5 Å². The zero-order valence-electron chi connectivity index (χ0n) is 9.97. The predicted octanol–water partition coefficient (Wildman–Crippen LogP) is 3.14. The Kier molecular flexibility index (Phi) is 3.53. The van der Waals surface area contributed by atoms with Gasteiger partial charge in [-0.2, -0.15) is 0 Å². The van der Waals surface area contributed by atoms with E-state index in [1.807, 2.05) is 6.92 Å². The van der Waals surface area contributed by atoms with Crippen LogP contribution in [0.2, 0.25) is 0 Å². The van der Waals surface area contributed by atoms with Crippen LogP contribution in [0, 0.1) is 6.92 Å². The lowest BCUT2D eigenvalue weighted by Crippen LogP contribution is -2.30. The molecule has 0 unspecified atom stereocenters. The topological polar surface area (TPSA) is 35.2 Å². The van der Waals surface area contributed by atoms with Crippen LogP contribution >= 0.6 is 0 Å². The second-order valence-electron chi connectivity index (χ2n) is 4.40. The Morgan fingerprint density at radius 2 is 1.88 bits per heavy atom. The van der Waals surface area contributed by atoms with Crippen molar-refractivity contribution in [2.45, 2.75) is 32.7 Å². The Bertz CT molecular complexity index is 383. The Labute approximate surface area is 94.4 Å². The molecule has 0 heterocycles. The predicted molar refractivity (Wildman–Crippen MR) is 59.9 cm³/mol. The highest BCUT2D eigenvalue weighted by Gasteiger charge is 2.26. The maximum Gasteiger partial charge on any atom is 0.267 e. The van der Waals surface area contributed by atoms with Crippen molar-refractivity contribution in [1.82, 2.24) is 0 Å². The largest absolute Gasteiger partial charge is 0.496 e. The summed E-state index contributed by atoms with van der Waals surface area (Å²) in [5.74, 6) is 0.197. The minimum absolute atomic E-state index is 0.110. The number of nitrogens with two attached hydrogens (primary N) is 1. The summed E-state index contributed by atoms with van der Waals surface area (Å²) < 4.78 is 30.7. The third-order valence-electron chi connectivity index (χ3n) is 2.48. The molecule has 0 atom stereocenters. The van der Waals surface area contributed by atoms with Crippen LogP contribution in [0.15, 0.2) is 12.1 Å². The van der Waals surface area contributed by atoms with Crippen LogP contribution in [-0.4, -0.2) is 7.11 Å². The van der Waals surface area contributed by atoms with Gasteiger partial charge in [-0.15, -0.1) is 0 Å². The molecule has 2 N–H and O–H groups in total. The van der Waals surface area contributed by atoms with Crippen LogP contribution in [-0.2, 0) is 5.54 Å². The third kappa shape index (κ3) is 2.32. The zero-order valence-corrected chi connectivity index (χ0v) is 9.97. The van der Waals surface area contributed by atoms with Gasteiger partial charge in [0.15, 0.2) is 0 Å². The quantitative estimate of drug-likeness (QED) is 0.864. The highest BCUT2D eigenvalue weighted by Crippen LogP contribution is 2.38. The minimum Gasteiger partial charge on any atom is -0.496 e. The Hall–Kier alpha value is -1.16. The van der Waals surface area contributed by atoms with Gasteiger partial charge in [0.1, 0.15) is 5.75 Å². The van der Waals surface area contributed by atoms with Gasteiger partial charge in [-0.1, -0.05) is 6.07 Å². The normalized spacial score (nSPS) is 12.0. The first-order chi connectivity index (χ1) is 7.29. The van der Waals surface area contributed by atoms with Crippen molar-refractivity contribution in [3.63, 3.8) is 0 Å². The lowest BCUT2D eigenvalue weighted by molar-refractivity contribution is 0.146. The van der Waals surface area contributed by atoms with Gasteiger partial charge in [0, 0.05) is 11.1 Å². The molecule has 1 rings (SSSR count). The number of hydrogen-bond acceptors (Lipinski definition) is 2. The molecule has 1 aromatic carbocycles.